The number of nitrogens with one attached hydrogen (secondary N) is 4. The maximum atomic E-state index is 4.03. The first-order valence-electron chi connectivity index (χ1n) is 21.4. The van der Waals surface area contributed by atoms with E-state index in [9.17, 15) is 0 Å². The van der Waals surface area contributed by atoms with Gasteiger partial charge in [0.05, 0.1) is 12.1 Å². The van der Waals surface area contributed by atoms with Crippen molar-refractivity contribution in [2.45, 2.75) is 78.3 Å². The van der Waals surface area contributed by atoms with Crippen LogP contribution in [-0.4, -0.2) is 22.1 Å². The third-order valence-electron chi connectivity index (χ3n) is 12.1. The zero-order chi connectivity index (χ0) is 39.6. The number of hydrogen-bond donors (Lipinski definition) is 4. The van der Waals surface area contributed by atoms with Crippen molar-refractivity contribution in [2.75, 3.05) is 0 Å². The smallest absolute Gasteiger partial charge is 0.0728 e. The van der Waals surface area contributed by atoms with Crippen LogP contribution in [0.4, 0.5) is 0 Å². The molecule has 0 spiro atoms. The van der Waals surface area contributed by atoms with Gasteiger partial charge in [0.25, 0.3) is 0 Å². The highest BCUT2D eigenvalue weighted by Gasteiger charge is 2.27. The lowest BCUT2D eigenvalue weighted by atomic mass is 9.97. The minimum atomic E-state index is -0.0498. The number of allylic oxidation sites excluding steroid dienone is 2. The average Bonchev–Trinajstić information content (AvgIpc) is 4.11. The summed E-state index contributed by atoms with van der Waals surface area (Å²) in [4.78, 5) is 7.94. The minimum Gasteiger partial charge on any atom is -0.374 e. The Labute approximate surface area is 343 Å². The van der Waals surface area contributed by atoms with E-state index >= 15 is 0 Å². The number of H-pyrrole nitrogens is 2. The summed E-state index contributed by atoms with van der Waals surface area (Å²) in [5.41, 5.74) is 19.3. The van der Waals surface area contributed by atoms with E-state index in [2.05, 4.69) is 194 Å². The summed E-state index contributed by atoms with van der Waals surface area (Å²) in [6.07, 6.45) is 15.7. The van der Waals surface area contributed by atoms with Gasteiger partial charge in [0.2, 0.25) is 0 Å². The SMILES string of the molecule is CCCc1ccc(/C2=C3\C=CC(N3)/C(c3ccc(CC)cc3)=c3/cc/c([nH]3)=C(\c3ccc(CC)cc3)C3C=C/C(=C(\c4ccc(CCC)cc4)c4ccc2[nH]4)N3)cc1. The van der Waals surface area contributed by atoms with Gasteiger partial charge in [-0.05, 0) is 107 Å². The zero-order valence-electron chi connectivity index (χ0n) is 34.3. The minimum absolute atomic E-state index is 0.0498. The molecule has 4 aromatic carbocycles. The molecule has 4 heteroatoms. The van der Waals surface area contributed by atoms with Crippen LogP contribution >= 0.6 is 0 Å². The van der Waals surface area contributed by atoms with Crippen LogP contribution in [-0.2, 0) is 25.7 Å². The Balaban J connectivity index is 1.31. The molecular formula is C54H54N4. The summed E-state index contributed by atoms with van der Waals surface area (Å²) in [5, 5.41) is 10.3. The van der Waals surface area contributed by atoms with Crippen molar-refractivity contribution in [3.8, 4) is 0 Å². The van der Waals surface area contributed by atoms with Gasteiger partial charge in [0.1, 0.15) is 0 Å². The monoisotopic (exact) mass is 758 g/mol. The zero-order valence-corrected chi connectivity index (χ0v) is 34.3. The van der Waals surface area contributed by atoms with Gasteiger partial charge in [-0.3, -0.25) is 0 Å². The fourth-order valence-electron chi connectivity index (χ4n) is 8.97. The molecule has 2 aromatic heterocycles. The molecule has 3 aliphatic rings. The van der Waals surface area contributed by atoms with Crippen molar-refractivity contribution in [3.63, 3.8) is 0 Å². The predicted molar refractivity (Wildman–Crippen MR) is 243 cm³/mol. The first kappa shape index (κ1) is 37.3. The van der Waals surface area contributed by atoms with Gasteiger partial charge in [0.15, 0.2) is 0 Å². The Morgan fingerprint density at radius 3 is 1.16 bits per heavy atom. The summed E-state index contributed by atoms with van der Waals surface area (Å²) in [6, 6.07) is 45.6. The van der Waals surface area contributed by atoms with E-state index in [4.69, 9.17) is 0 Å². The van der Waals surface area contributed by atoms with E-state index in [1.807, 2.05) is 0 Å². The quantitative estimate of drug-likeness (QED) is 0.113. The molecule has 0 fully saturated rings. The van der Waals surface area contributed by atoms with Gasteiger partial charge in [0, 0.05) is 55.8 Å². The Bertz CT molecular complexity index is 2490. The third kappa shape index (κ3) is 7.24. The average molecular weight is 759 g/mol. The van der Waals surface area contributed by atoms with Gasteiger partial charge in [-0.15, -0.1) is 0 Å². The fourth-order valence-corrected chi connectivity index (χ4v) is 8.97. The molecule has 2 unspecified atom stereocenters. The second kappa shape index (κ2) is 16.3. The maximum Gasteiger partial charge on any atom is 0.0728 e. The predicted octanol–water partition coefficient (Wildman–Crippen LogP) is 10.1. The van der Waals surface area contributed by atoms with Crippen LogP contribution in [0.15, 0.2) is 157 Å². The number of aryl methyl sites for hydroxylation is 4. The van der Waals surface area contributed by atoms with E-state index in [1.165, 1.54) is 55.7 Å². The molecule has 8 bridgehead atoms. The molecule has 4 N–H and O–H groups in total. The Kier molecular flexibility index (Phi) is 10.5. The topological polar surface area (TPSA) is 55.6 Å². The molecule has 0 aliphatic carbocycles. The molecule has 3 aliphatic heterocycles. The van der Waals surface area contributed by atoms with Crippen LogP contribution in [0.1, 0.15) is 96.4 Å². The summed E-state index contributed by atoms with van der Waals surface area (Å²) >= 11 is 0. The van der Waals surface area contributed by atoms with Crippen LogP contribution in [0.5, 0.6) is 0 Å². The second-order valence-corrected chi connectivity index (χ2v) is 15.9. The van der Waals surface area contributed by atoms with Crippen molar-refractivity contribution < 1.29 is 0 Å². The third-order valence-corrected chi connectivity index (χ3v) is 12.1. The van der Waals surface area contributed by atoms with Crippen molar-refractivity contribution in [2.24, 2.45) is 0 Å². The standard InChI is InChI=1S/C54H54N4/c1-5-9-37-15-23-41(24-16-37)53-47-31-29-45(56-47)51(39-19-11-35(7-3)12-20-39)43-27-28-44(55-43)52(40-21-13-36(8-4)14-22-40)46-30-32-48(57-46)54(50-34-33-49(53)58-50)42-25-17-38(10-6-2)18-26-42/h11-34,45-46,55-58H,5-10H2,1-4H3/b51-43-,52-44-,53-47-,54-48-. The Morgan fingerprint density at radius 2 is 0.776 bits per heavy atom. The summed E-state index contributed by atoms with van der Waals surface area (Å²) in [7, 11) is 0. The van der Waals surface area contributed by atoms with Crippen molar-refractivity contribution in [3.05, 3.63) is 224 Å². The lowest BCUT2D eigenvalue weighted by Crippen LogP contribution is -2.31. The van der Waals surface area contributed by atoms with E-state index in [1.54, 1.807) is 0 Å². The van der Waals surface area contributed by atoms with Crippen LogP contribution in [0.25, 0.3) is 22.3 Å². The number of hydrogen-bond acceptors (Lipinski definition) is 2. The lowest BCUT2D eigenvalue weighted by molar-refractivity contribution is 0.849. The molecule has 6 aromatic rings. The van der Waals surface area contributed by atoms with Crippen LogP contribution in [0, 0.1) is 0 Å². The summed E-state index contributed by atoms with van der Waals surface area (Å²) < 4.78 is 0. The van der Waals surface area contributed by atoms with Crippen LogP contribution < -0.4 is 21.3 Å². The van der Waals surface area contributed by atoms with Crippen LogP contribution in [0.2, 0.25) is 0 Å². The highest BCUT2D eigenvalue weighted by Crippen LogP contribution is 2.36. The molecule has 0 amide bonds. The largest absolute Gasteiger partial charge is 0.374 e. The highest BCUT2D eigenvalue weighted by molar-refractivity contribution is 5.88. The second-order valence-electron chi connectivity index (χ2n) is 15.9. The molecule has 4 nitrogen and oxygen atoms in total. The van der Waals surface area contributed by atoms with E-state index in [0.717, 1.165) is 83.2 Å². The summed E-state index contributed by atoms with van der Waals surface area (Å²) in [6.45, 7) is 8.92. The maximum absolute atomic E-state index is 4.03. The van der Waals surface area contributed by atoms with E-state index < -0.39 is 0 Å². The molecule has 2 atom stereocenters. The Hall–Kier alpha value is -6.26. The van der Waals surface area contributed by atoms with Crippen molar-refractivity contribution in [1.82, 2.24) is 20.6 Å². The number of benzene rings is 4. The molecule has 0 saturated carbocycles. The van der Waals surface area contributed by atoms with Gasteiger partial charge in [-0.25, -0.2) is 0 Å². The Morgan fingerprint density at radius 1 is 0.397 bits per heavy atom. The summed E-state index contributed by atoms with van der Waals surface area (Å²) in [5.74, 6) is 0. The molecule has 9 rings (SSSR count). The van der Waals surface area contributed by atoms with Crippen molar-refractivity contribution in [1.29, 1.82) is 0 Å². The number of fused-ring (bicyclic) bond motifs is 8. The molecule has 5 heterocycles. The normalized spacial score (nSPS) is 21.7. The number of aromatic nitrogens is 2. The highest BCUT2D eigenvalue weighted by atomic mass is 15.0. The molecule has 58 heavy (non-hydrogen) atoms. The molecular weight excluding hydrogens is 705 g/mol. The fraction of sp³-hybridized carbons (Fsp3) is 0.222. The number of rotatable bonds is 10. The van der Waals surface area contributed by atoms with Gasteiger partial charge in [-0.1, -0.05) is 150 Å². The van der Waals surface area contributed by atoms with Crippen LogP contribution in [0.3, 0.4) is 0 Å². The van der Waals surface area contributed by atoms with Crippen molar-refractivity contribution >= 4 is 22.3 Å². The molecule has 290 valence electrons. The lowest BCUT2D eigenvalue weighted by Gasteiger charge is -2.20. The first-order chi connectivity index (χ1) is 28.5. The van der Waals surface area contributed by atoms with Gasteiger partial charge >= 0.3 is 0 Å². The van der Waals surface area contributed by atoms with Gasteiger partial charge < -0.3 is 20.6 Å². The molecule has 0 saturated heterocycles. The van der Waals surface area contributed by atoms with Gasteiger partial charge in [-0.2, -0.15) is 0 Å². The molecule has 0 radical (unpaired) electrons. The van der Waals surface area contributed by atoms with E-state index in [-0.39, 0.29) is 12.1 Å². The van der Waals surface area contributed by atoms with E-state index in [0.29, 0.717) is 0 Å². The first-order valence-corrected chi connectivity index (χ1v) is 21.4. The number of aromatic amines is 2.